The molecule has 0 N–H and O–H groups in total. The van der Waals surface area contributed by atoms with Crippen LogP contribution in [0.2, 0.25) is 40.2 Å². The van der Waals surface area contributed by atoms with Gasteiger partial charge in [-0.05, 0) is 259 Å². The van der Waals surface area contributed by atoms with Gasteiger partial charge in [-0.25, -0.2) is 27.8 Å². The van der Waals surface area contributed by atoms with E-state index in [2.05, 4.69) is 81.2 Å². The molecule has 5 aliphatic rings. The van der Waals surface area contributed by atoms with Gasteiger partial charge in [0.15, 0.2) is 0 Å². The number of rotatable bonds is 17. The fourth-order valence-electron chi connectivity index (χ4n) is 17.8. The Morgan fingerprint density at radius 2 is 0.510 bits per heavy atom. The highest BCUT2D eigenvalue weighted by atomic mass is 35.5. The second-order valence-electron chi connectivity index (χ2n) is 34.9. The largest absolute Gasteiger partial charge is 0.497 e. The lowest BCUT2D eigenvalue weighted by molar-refractivity contribution is 0.0730. The zero-order chi connectivity index (χ0) is 101. The number of halogens is 9. The highest BCUT2D eigenvalue weighted by Gasteiger charge is 2.33. The van der Waals surface area contributed by atoms with E-state index in [0.717, 1.165) is 136 Å². The number of para-hydroxylation sites is 1. The Balaban J connectivity index is 0.000000128. The number of hydrogen-bond donors (Lipinski definition) is 0. The molecule has 5 saturated heterocycles. The number of benzene rings is 10. The number of hydrogen-bond acceptors (Lipinski definition) is 16. The van der Waals surface area contributed by atoms with Crippen LogP contribution in [0.25, 0.3) is 28.4 Å². The zero-order valence-corrected chi connectivity index (χ0v) is 86.1. The van der Waals surface area contributed by atoms with Gasteiger partial charge < -0.3 is 53.7 Å². The van der Waals surface area contributed by atoms with Crippen molar-refractivity contribution in [1.29, 1.82) is 0 Å². The highest BCUT2D eigenvalue weighted by molar-refractivity contribution is 6.42. The van der Waals surface area contributed by atoms with Crippen molar-refractivity contribution in [1.82, 2.24) is 73.4 Å². The second-order valence-corrected chi connectivity index (χ2v) is 38.4. The summed E-state index contributed by atoms with van der Waals surface area (Å²) in [6, 6.07) is 82.3. The smallest absolute Gasteiger partial charge is 0.272 e. The molecule has 26 nitrogen and oxygen atoms in total. The SMILES string of the molecule is CCc1ccccc1N1CCN(C(=O)c2cc(C)nn2-c2cccc(Cl)c2)CC1.COc1ccc(N2CCN(C(=O)c3cc(C)nn3-c3cccc(Cl)c3)CC2)cc1.Cc1cc(C(=O)N2CCN(c3ccc(Cl)c(Cl)c3)CC2)n(-c2cccc(Cl)c2)n1.Cc1cc(C(=O)N2CCN(c3ccc(F)cc3)CC2)n(-c2cccc(Cl)c2)n1.Cc1cc(C(=O)N2CCN(c3cccc(Cl)c3)CC2)n(-c2cccc(Cl)c2)n1. The molecule has 0 spiro atoms. The molecule has 5 aromatic heterocycles. The van der Waals surface area contributed by atoms with Crippen LogP contribution in [0.1, 0.15) is 93.4 Å². The van der Waals surface area contributed by atoms with E-state index < -0.39 is 0 Å². The molecule has 10 aromatic carbocycles. The zero-order valence-electron chi connectivity index (χ0n) is 80.0. The van der Waals surface area contributed by atoms with Gasteiger partial charge in [-0.15, -0.1) is 0 Å². The molecule has 0 aliphatic carbocycles. The molecule has 5 amide bonds. The number of aryl methyl sites for hydroxylation is 6. The third-order valence-corrected chi connectivity index (χ3v) is 27.3. The minimum absolute atomic E-state index is 0.00834. The number of carbonyl (C=O) groups is 5. The Labute approximate surface area is 870 Å². The Morgan fingerprint density at radius 3 is 0.783 bits per heavy atom. The summed E-state index contributed by atoms with van der Waals surface area (Å²) in [5, 5.41) is 27.3. The average Bonchev–Trinajstić information content (AvgIpc) is 1.68. The van der Waals surface area contributed by atoms with Crippen LogP contribution in [0.4, 0.5) is 32.8 Å². The minimum atomic E-state index is -0.248. The first-order chi connectivity index (χ1) is 69.0. The molecule has 0 atom stereocenters. The van der Waals surface area contributed by atoms with Crippen molar-refractivity contribution in [2.24, 2.45) is 0 Å². The van der Waals surface area contributed by atoms with Gasteiger partial charge in [0, 0.05) is 189 Å². The summed E-state index contributed by atoms with van der Waals surface area (Å²) in [5.74, 6) is 0.466. The summed E-state index contributed by atoms with van der Waals surface area (Å²) in [6.45, 7) is 25.5. The lowest BCUT2D eigenvalue weighted by atomic mass is 10.1. The van der Waals surface area contributed by atoms with Crippen molar-refractivity contribution in [3.8, 4) is 34.2 Å². The van der Waals surface area contributed by atoms with Gasteiger partial charge in [-0.2, -0.15) is 25.5 Å². The molecule has 5 aliphatic heterocycles. The van der Waals surface area contributed by atoms with Gasteiger partial charge in [-0.1, -0.05) is 154 Å². The van der Waals surface area contributed by atoms with Crippen molar-refractivity contribution >= 4 is 151 Å². The van der Waals surface area contributed by atoms with Crippen LogP contribution in [0.15, 0.2) is 267 Å². The van der Waals surface area contributed by atoms with Gasteiger partial charge in [0.1, 0.15) is 40.0 Å². The summed E-state index contributed by atoms with van der Waals surface area (Å²) in [4.78, 5) is 86.6. The summed E-state index contributed by atoms with van der Waals surface area (Å²) in [5.41, 5.74) is 17.4. The summed E-state index contributed by atoms with van der Waals surface area (Å²) < 4.78 is 26.7. The van der Waals surface area contributed by atoms with Gasteiger partial charge in [0.05, 0.1) is 74.1 Å². The van der Waals surface area contributed by atoms with Crippen molar-refractivity contribution in [3.63, 3.8) is 0 Å². The Morgan fingerprint density at radius 1 is 0.266 bits per heavy atom. The van der Waals surface area contributed by atoms with Gasteiger partial charge in [0.2, 0.25) is 0 Å². The molecular formula is C108H107Cl8FN20O6. The summed E-state index contributed by atoms with van der Waals surface area (Å²) in [7, 11) is 1.66. The average molecular weight is 2080 g/mol. The molecular weight excluding hydrogens is 1980 g/mol. The number of aromatic nitrogens is 10. The Kier molecular flexibility index (Phi) is 33.9. The Hall–Kier alpha value is -13.4. The summed E-state index contributed by atoms with van der Waals surface area (Å²) >= 11 is 48.8. The van der Waals surface area contributed by atoms with Crippen LogP contribution in [0.3, 0.4) is 0 Å². The molecule has 20 rings (SSSR count). The first-order valence-corrected chi connectivity index (χ1v) is 50.1. The van der Waals surface area contributed by atoms with E-state index in [9.17, 15) is 28.4 Å². The minimum Gasteiger partial charge on any atom is -0.497 e. The number of ether oxygens (including phenoxy) is 1. The van der Waals surface area contributed by atoms with E-state index in [4.69, 9.17) is 97.5 Å². The molecule has 738 valence electrons. The Bertz CT molecular complexity index is 7010. The number of piperazine rings is 5. The predicted octanol–water partition coefficient (Wildman–Crippen LogP) is 21.7. The van der Waals surface area contributed by atoms with E-state index >= 15 is 0 Å². The van der Waals surface area contributed by atoms with E-state index in [1.807, 2.05) is 229 Å². The molecule has 0 radical (unpaired) electrons. The standard InChI is InChI=1S/C23H25ClN4O.C22H23ClN4O2.C21H19Cl3N4O.C21H20Cl2N4O.C21H20ClFN4O/c1-3-18-7-4-5-10-21(18)26-11-13-27(14-12-26)23(29)22-15-17(2)25-28(22)20-9-6-8-19(24)16-20;1-16-14-21(27(24-16)19-5-3-4-17(23)15-19)22(28)26-12-10-25(11-13-26)18-6-8-20(29-2)9-7-18;1-14-11-20(28(25-14)17-4-2-3-15(22)12-17)21(29)27-9-7-26(8-10-27)16-5-6-18(23)19(24)13-16;1-15-12-20(27(24-15)19-7-3-5-17(23)14-19)21(28)26-10-8-25(9-11-26)18-6-2-4-16(22)13-18;1-15-13-20(27(24-15)19-4-2-3-16(22)14-19)21(28)26-11-9-25(10-12-26)18-7-5-17(23)6-8-18/h4-10,15-16H,3,11-14H2,1-2H3;3-9,14-15H,10-13H2,1-2H3;2-6,11-13H,7-10H2,1H3;2-7,12-14H,8-11H2,1H3;2-8,13-14H,9-12H2,1H3. The van der Waals surface area contributed by atoms with Crippen LogP contribution in [-0.2, 0) is 6.42 Å². The third-order valence-electron chi connectivity index (χ3n) is 25.1. The number of anilines is 5. The highest BCUT2D eigenvalue weighted by Crippen LogP contribution is 2.34. The van der Waals surface area contributed by atoms with Crippen LogP contribution < -0.4 is 29.2 Å². The topological polar surface area (TPSA) is 216 Å². The first-order valence-electron chi connectivity index (χ1n) is 47.1. The lowest BCUT2D eigenvalue weighted by Gasteiger charge is -2.37. The number of nitrogens with zero attached hydrogens (tertiary/aromatic N) is 20. The van der Waals surface area contributed by atoms with Crippen molar-refractivity contribution in [3.05, 3.63) is 375 Å². The quantitative estimate of drug-likeness (QED) is 0.0828. The van der Waals surface area contributed by atoms with Crippen LogP contribution >= 0.6 is 92.8 Å². The fourth-order valence-corrected chi connectivity index (χ4v) is 19.2. The molecule has 143 heavy (non-hydrogen) atoms. The monoisotopic (exact) mass is 2080 g/mol. The molecule has 0 unspecified atom stereocenters. The van der Waals surface area contributed by atoms with E-state index in [1.165, 1.54) is 23.4 Å². The maximum absolute atomic E-state index is 13.3. The van der Waals surface area contributed by atoms with Gasteiger partial charge in [-0.3, -0.25) is 24.0 Å². The molecule has 5 fully saturated rings. The number of amides is 5. The van der Waals surface area contributed by atoms with Crippen LogP contribution in [-0.4, -0.2) is 241 Å². The first kappa shape index (κ1) is 103. The van der Waals surface area contributed by atoms with Crippen LogP contribution in [0.5, 0.6) is 5.75 Å². The molecule has 35 heteroatoms. The molecule has 0 bridgehead atoms. The fraction of sp³-hybridized carbons (Fsp3) is 0.259. The predicted molar refractivity (Wildman–Crippen MR) is 570 cm³/mol. The maximum atomic E-state index is 13.3. The summed E-state index contributed by atoms with van der Waals surface area (Å²) in [6.07, 6.45) is 1.01. The lowest BCUT2D eigenvalue weighted by Crippen LogP contribution is -2.49. The van der Waals surface area contributed by atoms with Crippen molar-refractivity contribution < 1.29 is 33.1 Å². The van der Waals surface area contributed by atoms with E-state index in [1.54, 1.807) is 91.2 Å². The number of methoxy groups -OCH3 is 1. The third kappa shape index (κ3) is 25.5. The normalized spacial score (nSPS) is 14.3. The van der Waals surface area contributed by atoms with Crippen molar-refractivity contribution in [2.75, 3.05) is 163 Å². The maximum Gasteiger partial charge on any atom is 0.272 e. The second kappa shape index (κ2) is 47.2. The van der Waals surface area contributed by atoms with Crippen LogP contribution in [0, 0.1) is 40.4 Å². The molecule has 10 heterocycles. The molecule has 15 aromatic rings. The van der Waals surface area contributed by atoms with Gasteiger partial charge in [0.25, 0.3) is 29.5 Å². The van der Waals surface area contributed by atoms with Crippen molar-refractivity contribution in [2.45, 2.75) is 48.0 Å². The van der Waals surface area contributed by atoms with E-state index in [-0.39, 0.29) is 35.4 Å². The number of carbonyl (C=O) groups excluding carboxylic acids is 5. The van der Waals surface area contributed by atoms with Gasteiger partial charge >= 0.3 is 0 Å². The van der Waals surface area contributed by atoms with E-state index in [0.29, 0.717) is 155 Å². The molecule has 0 saturated carbocycles.